The lowest BCUT2D eigenvalue weighted by Gasteiger charge is -2.38. The summed E-state index contributed by atoms with van der Waals surface area (Å²) >= 11 is 0. The number of hydrogen-bond acceptors (Lipinski definition) is 4. The van der Waals surface area contributed by atoms with Gasteiger partial charge in [0.05, 0.1) is 18.8 Å². The van der Waals surface area contributed by atoms with Gasteiger partial charge >= 0.3 is 0 Å². The minimum atomic E-state index is -0.918. The second kappa shape index (κ2) is 6.15. The van der Waals surface area contributed by atoms with E-state index in [0.29, 0.717) is 19.6 Å². The number of nitrogens with zero attached hydrogens (tertiary/aromatic N) is 1. The van der Waals surface area contributed by atoms with Crippen molar-refractivity contribution in [1.29, 1.82) is 0 Å². The summed E-state index contributed by atoms with van der Waals surface area (Å²) in [6, 6.07) is -0.573. The second-order valence-electron chi connectivity index (χ2n) is 4.87. The molecule has 0 spiro atoms. The topological polar surface area (TPSA) is 84.7 Å². The number of likely N-dealkylation sites (N-methyl/N-ethyl adjacent to an activating group) is 1. The van der Waals surface area contributed by atoms with Crippen LogP contribution >= 0.6 is 0 Å². The Morgan fingerprint density at radius 3 is 2.78 bits per heavy atom. The summed E-state index contributed by atoms with van der Waals surface area (Å²) in [5, 5.41) is 2.55. The maximum atomic E-state index is 12.4. The smallest absolute Gasteiger partial charge is 0.244 e. The molecule has 0 saturated carbocycles. The van der Waals surface area contributed by atoms with E-state index in [1.54, 1.807) is 14.0 Å². The van der Waals surface area contributed by atoms with Gasteiger partial charge in [0, 0.05) is 13.6 Å². The van der Waals surface area contributed by atoms with Gasteiger partial charge in [-0.05, 0) is 13.3 Å². The number of amides is 2. The first-order valence-electron chi connectivity index (χ1n) is 6.33. The standard InChI is InChI=1S/C12H23N3O3/c1-4-5-12(2,13)11(17)15-6-7-18-8-9(15)10(16)14-3/h9H,4-8,13H2,1-3H3,(H,14,16). The summed E-state index contributed by atoms with van der Waals surface area (Å²) in [5.74, 6) is -0.392. The van der Waals surface area contributed by atoms with Crippen LogP contribution < -0.4 is 11.1 Å². The third-order valence-corrected chi connectivity index (χ3v) is 3.20. The summed E-state index contributed by atoms with van der Waals surface area (Å²) in [5.41, 5.74) is 5.12. The Bertz CT molecular complexity index is 318. The third kappa shape index (κ3) is 3.20. The Labute approximate surface area is 108 Å². The monoisotopic (exact) mass is 257 g/mol. The number of carbonyl (C=O) groups is 2. The van der Waals surface area contributed by atoms with E-state index in [-0.39, 0.29) is 18.4 Å². The van der Waals surface area contributed by atoms with Crippen LogP contribution in [-0.4, -0.2) is 55.1 Å². The lowest BCUT2D eigenvalue weighted by Crippen LogP contribution is -2.62. The fraction of sp³-hybridized carbons (Fsp3) is 0.833. The van der Waals surface area contributed by atoms with Crippen LogP contribution in [0.1, 0.15) is 26.7 Å². The van der Waals surface area contributed by atoms with E-state index < -0.39 is 11.6 Å². The molecule has 1 aliphatic rings. The number of nitrogens with one attached hydrogen (secondary N) is 1. The summed E-state index contributed by atoms with van der Waals surface area (Å²) < 4.78 is 5.26. The fourth-order valence-corrected chi connectivity index (χ4v) is 2.18. The van der Waals surface area contributed by atoms with Gasteiger partial charge in [-0.1, -0.05) is 13.3 Å². The Hall–Kier alpha value is -1.14. The van der Waals surface area contributed by atoms with Crippen LogP contribution in [0.4, 0.5) is 0 Å². The minimum absolute atomic E-state index is 0.179. The molecule has 104 valence electrons. The summed E-state index contributed by atoms with van der Waals surface area (Å²) in [4.78, 5) is 25.7. The van der Waals surface area contributed by atoms with Crippen LogP contribution in [0.5, 0.6) is 0 Å². The van der Waals surface area contributed by atoms with E-state index in [0.717, 1.165) is 6.42 Å². The zero-order chi connectivity index (χ0) is 13.8. The summed E-state index contributed by atoms with van der Waals surface area (Å²) in [6.07, 6.45) is 1.43. The van der Waals surface area contributed by atoms with Crippen LogP contribution in [0.3, 0.4) is 0 Å². The molecule has 6 heteroatoms. The third-order valence-electron chi connectivity index (χ3n) is 3.20. The van der Waals surface area contributed by atoms with Gasteiger partial charge in [0.25, 0.3) is 0 Å². The van der Waals surface area contributed by atoms with E-state index >= 15 is 0 Å². The molecule has 1 saturated heterocycles. The molecule has 1 heterocycles. The lowest BCUT2D eigenvalue weighted by molar-refractivity contribution is -0.152. The van der Waals surface area contributed by atoms with Crippen molar-refractivity contribution in [2.24, 2.45) is 5.73 Å². The van der Waals surface area contributed by atoms with Crippen LogP contribution in [0.15, 0.2) is 0 Å². The number of carbonyl (C=O) groups excluding carboxylic acids is 2. The van der Waals surface area contributed by atoms with Gasteiger partial charge in [-0.15, -0.1) is 0 Å². The van der Waals surface area contributed by atoms with Gasteiger partial charge in [0.2, 0.25) is 11.8 Å². The Balaban J connectivity index is 2.83. The molecule has 0 aromatic heterocycles. The van der Waals surface area contributed by atoms with Crippen molar-refractivity contribution in [2.45, 2.75) is 38.3 Å². The van der Waals surface area contributed by atoms with Crippen molar-refractivity contribution in [3.63, 3.8) is 0 Å². The van der Waals surface area contributed by atoms with E-state index in [9.17, 15) is 9.59 Å². The lowest BCUT2D eigenvalue weighted by atomic mass is 9.94. The molecule has 0 aliphatic carbocycles. The largest absolute Gasteiger partial charge is 0.377 e. The van der Waals surface area contributed by atoms with Gasteiger partial charge in [-0.3, -0.25) is 9.59 Å². The molecule has 0 aromatic rings. The number of rotatable bonds is 4. The molecule has 0 radical (unpaired) electrons. The number of nitrogens with two attached hydrogens (primary N) is 1. The average Bonchev–Trinajstić information content (AvgIpc) is 2.37. The van der Waals surface area contributed by atoms with Crippen LogP contribution in [-0.2, 0) is 14.3 Å². The number of ether oxygens (including phenoxy) is 1. The van der Waals surface area contributed by atoms with E-state index in [2.05, 4.69) is 5.32 Å². The molecule has 0 bridgehead atoms. The van der Waals surface area contributed by atoms with E-state index in [1.165, 1.54) is 4.90 Å². The van der Waals surface area contributed by atoms with Gasteiger partial charge < -0.3 is 20.7 Å². The molecular weight excluding hydrogens is 234 g/mol. The Morgan fingerprint density at radius 1 is 1.56 bits per heavy atom. The Kier molecular flexibility index (Phi) is 5.10. The zero-order valence-electron chi connectivity index (χ0n) is 11.4. The molecule has 18 heavy (non-hydrogen) atoms. The highest BCUT2D eigenvalue weighted by Gasteiger charge is 2.39. The highest BCUT2D eigenvalue weighted by atomic mass is 16.5. The average molecular weight is 257 g/mol. The van der Waals surface area contributed by atoms with Gasteiger partial charge in [-0.25, -0.2) is 0 Å². The molecule has 1 aliphatic heterocycles. The molecule has 2 amide bonds. The molecule has 0 aromatic carbocycles. The van der Waals surface area contributed by atoms with Crippen LogP contribution in [0.2, 0.25) is 0 Å². The first kappa shape index (κ1) is 14.9. The van der Waals surface area contributed by atoms with E-state index in [4.69, 9.17) is 10.5 Å². The minimum Gasteiger partial charge on any atom is -0.377 e. The Morgan fingerprint density at radius 2 is 2.22 bits per heavy atom. The molecular formula is C12H23N3O3. The SMILES string of the molecule is CCCC(C)(N)C(=O)N1CCOCC1C(=O)NC. The van der Waals surface area contributed by atoms with Crippen molar-refractivity contribution < 1.29 is 14.3 Å². The molecule has 1 rings (SSSR count). The molecule has 2 atom stereocenters. The molecule has 6 nitrogen and oxygen atoms in total. The van der Waals surface area contributed by atoms with Crippen molar-refractivity contribution in [2.75, 3.05) is 26.8 Å². The fourth-order valence-electron chi connectivity index (χ4n) is 2.18. The molecule has 1 fully saturated rings. The molecule has 2 unspecified atom stereocenters. The molecule has 3 N–H and O–H groups in total. The van der Waals surface area contributed by atoms with Crippen molar-refractivity contribution in [3.8, 4) is 0 Å². The van der Waals surface area contributed by atoms with Crippen molar-refractivity contribution >= 4 is 11.8 Å². The van der Waals surface area contributed by atoms with Crippen molar-refractivity contribution in [1.82, 2.24) is 10.2 Å². The maximum Gasteiger partial charge on any atom is 0.244 e. The van der Waals surface area contributed by atoms with E-state index in [1.807, 2.05) is 6.92 Å². The first-order chi connectivity index (χ1) is 8.44. The maximum absolute atomic E-state index is 12.4. The normalized spacial score (nSPS) is 23.3. The van der Waals surface area contributed by atoms with Crippen LogP contribution in [0, 0.1) is 0 Å². The summed E-state index contributed by atoms with van der Waals surface area (Å²) in [7, 11) is 1.55. The first-order valence-corrected chi connectivity index (χ1v) is 6.33. The van der Waals surface area contributed by atoms with Crippen molar-refractivity contribution in [3.05, 3.63) is 0 Å². The number of morpholine rings is 1. The predicted molar refractivity (Wildman–Crippen MR) is 67.9 cm³/mol. The number of hydrogen-bond donors (Lipinski definition) is 2. The quantitative estimate of drug-likeness (QED) is 0.709. The predicted octanol–water partition coefficient (Wildman–Crippen LogP) is -0.523. The zero-order valence-corrected chi connectivity index (χ0v) is 11.4. The van der Waals surface area contributed by atoms with Gasteiger partial charge in [-0.2, -0.15) is 0 Å². The highest BCUT2D eigenvalue weighted by molar-refractivity contribution is 5.92. The summed E-state index contributed by atoms with van der Waals surface area (Å²) in [6.45, 7) is 4.78. The van der Waals surface area contributed by atoms with Gasteiger partial charge in [0.15, 0.2) is 0 Å². The second-order valence-corrected chi connectivity index (χ2v) is 4.87. The van der Waals surface area contributed by atoms with Gasteiger partial charge in [0.1, 0.15) is 6.04 Å². The highest BCUT2D eigenvalue weighted by Crippen LogP contribution is 2.17. The van der Waals surface area contributed by atoms with Crippen LogP contribution in [0.25, 0.3) is 0 Å².